The maximum absolute atomic E-state index is 12.9. The van der Waals surface area contributed by atoms with E-state index in [0.717, 1.165) is 11.1 Å². The molecule has 0 atom stereocenters. The van der Waals surface area contributed by atoms with Crippen molar-refractivity contribution in [3.8, 4) is 0 Å². The summed E-state index contributed by atoms with van der Waals surface area (Å²) in [7, 11) is -3.92. The van der Waals surface area contributed by atoms with E-state index in [9.17, 15) is 18.3 Å². The maximum Gasteiger partial charge on any atom is 0.337 e. The SMILES string of the molecule is Cc1cc(C)c(C)c(S(=O)(=O)Nc2ccc(Br)cc2C(=O)O)c1C. The van der Waals surface area contributed by atoms with Gasteiger partial charge in [-0.2, -0.15) is 0 Å². The van der Waals surface area contributed by atoms with Crippen LogP contribution in [-0.2, 0) is 10.0 Å². The lowest BCUT2D eigenvalue weighted by atomic mass is 10.0. The maximum atomic E-state index is 12.9. The summed E-state index contributed by atoms with van der Waals surface area (Å²) in [5.41, 5.74) is 2.95. The third-order valence-corrected chi connectivity index (χ3v) is 6.15. The smallest absolute Gasteiger partial charge is 0.337 e. The number of halogens is 1. The molecule has 0 fully saturated rings. The number of carboxylic acids is 1. The molecule has 24 heavy (non-hydrogen) atoms. The first-order valence-corrected chi connectivity index (χ1v) is 9.45. The van der Waals surface area contributed by atoms with E-state index in [0.29, 0.717) is 15.6 Å². The molecule has 0 aromatic heterocycles. The van der Waals surface area contributed by atoms with Crippen molar-refractivity contribution in [2.75, 3.05) is 4.72 Å². The summed E-state index contributed by atoms with van der Waals surface area (Å²) in [6.45, 7) is 7.19. The van der Waals surface area contributed by atoms with Crippen LogP contribution in [0, 0.1) is 27.7 Å². The Balaban J connectivity index is 2.62. The molecule has 0 bridgehead atoms. The van der Waals surface area contributed by atoms with Gasteiger partial charge < -0.3 is 5.11 Å². The van der Waals surface area contributed by atoms with E-state index in [4.69, 9.17) is 0 Å². The largest absolute Gasteiger partial charge is 0.478 e. The molecule has 2 N–H and O–H groups in total. The number of benzene rings is 2. The molecule has 0 spiro atoms. The number of nitrogens with one attached hydrogen (secondary N) is 1. The summed E-state index contributed by atoms with van der Waals surface area (Å²) in [6, 6.07) is 6.32. The van der Waals surface area contributed by atoms with Crippen molar-refractivity contribution in [3.63, 3.8) is 0 Å². The molecule has 7 heteroatoms. The Labute approximate surface area is 149 Å². The van der Waals surface area contributed by atoms with Crippen molar-refractivity contribution < 1.29 is 18.3 Å². The summed E-state index contributed by atoms with van der Waals surface area (Å²) in [5.74, 6) is -1.21. The molecular formula is C17H18BrNO4S. The third kappa shape index (κ3) is 3.47. The van der Waals surface area contributed by atoms with Crippen molar-refractivity contribution in [2.24, 2.45) is 0 Å². The number of hydrogen-bond donors (Lipinski definition) is 2. The molecule has 0 saturated heterocycles. The van der Waals surface area contributed by atoms with Crippen LogP contribution in [0.15, 0.2) is 33.6 Å². The van der Waals surface area contributed by atoms with E-state index in [1.165, 1.54) is 12.1 Å². The Bertz CT molecular complexity index is 910. The zero-order valence-electron chi connectivity index (χ0n) is 13.8. The summed E-state index contributed by atoms with van der Waals surface area (Å²) >= 11 is 3.19. The molecule has 0 unspecified atom stereocenters. The van der Waals surface area contributed by atoms with E-state index >= 15 is 0 Å². The molecule has 2 rings (SSSR count). The first kappa shape index (κ1) is 18.5. The Morgan fingerprint density at radius 1 is 1.04 bits per heavy atom. The van der Waals surface area contributed by atoms with Crippen LogP contribution in [0.3, 0.4) is 0 Å². The molecule has 0 aliphatic carbocycles. The summed E-state index contributed by atoms with van der Waals surface area (Å²) in [6.07, 6.45) is 0. The van der Waals surface area contributed by atoms with Gasteiger partial charge in [-0.3, -0.25) is 4.72 Å². The lowest BCUT2D eigenvalue weighted by Crippen LogP contribution is -2.18. The average molecular weight is 412 g/mol. The van der Waals surface area contributed by atoms with Crippen LogP contribution >= 0.6 is 15.9 Å². The normalized spacial score (nSPS) is 11.4. The first-order chi connectivity index (χ1) is 11.0. The number of rotatable bonds is 4. The van der Waals surface area contributed by atoms with E-state index in [1.807, 2.05) is 19.9 Å². The minimum absolute atomic E-state index is 0.0312. The van der Waals surface area contributed by atoms with E-state index < -0.39 is 16.0 Å². The van der Waals surface area contributed by atoms with E-state index in [1.54, 1.807) is 19.9 Å². The van der Waals surface area contributed by atoms with Crippen LogP contribution in [0.2, 0.25) is 0 Å². The number of anilines is 1. The lowest BCUT2D eigenvalue weighted by Gasteiger charge is -2.17. The Morgan fingerprint density at radius 2 is 1.58 bits per heavy atom. The molecular weight excluding hydrogens is 394 g/mol. The number of hydrogen-bond acceptors (Lipinski definition) is 3. The highest BCUT2D eigenvalue weighted by Gasteiger charge is 2.24. The number of sulfonamides is 1. The Hall–Kier alpha value is -1.86. The van der Waals surface area contributed by atoms with Gasteiger partial charge in [0.05, 0.1) is 16.1 Å². The lowest BCUT2D eigenvalue weighted by molar-refractivity contribution is 0.0698. The second kappa shape index (κ2) is 6.57. The molecule has 0 aliphatic rings. The van der Waals surface area contributed by atoms with Crippen molar-refractivity contribution in [3.05, 3.63) is 56.6 Å². The monoisotopic (exact) mass is 411 g/mol. The van der Waals surface area contributed by atoms with Gasteiger partial charge in [0.1, 0.15) is 0 Å². The fourth-order valence-electron chi connectivity index (χ4n) is 2.56. The van der Waals surface area contributed by atoms with Crippen LogP contribution in [-0.4, -0.2) is 19.5 Å². The van der Waals surface area contributed by atoms with Gasteiger partial charge in [-0.15, -0.1) is 0 Å². The molecule has 0 amide bonds. The topological polar surface area (TPSA) is 83.5 Å². The van der Waals surface area contributed by atoms with Crippen LogP contribution in [0.1, 0.15) is 32.6 Å². The van der Waals surface area contributed by atoms with Crippen molar-refractivity contribution in [1.29, 1.82) is 0 Å². The highest BCUT2D eigenvalue weighted by molar-refractivity contribution is 9.10. The molecule has 5 nitrogen and oxygen atoms in total. The Kier molecular flexibility index (Phi) is 5.05. The predicted molar refractivity (Wildman–Crippen MR) is 97.3 cm³/mol. The van der Waals surface area contributed by atoms with Gasteiger partial charge in [-0.1, -0.05) is 22.0 Å². The number of carbonyl (C=O) groups is 1. The molecule has 2 aromatic rings. The quantitative estimate of drug-likeness (QED) is 0.789. The zero-order chi connectivity index (χ0) is 18.2. The number of aryl methyl sites for hydroxylation is 2. The van der Waals surface area contributed by atoms with Crippen LogP contribution in [0.25, 0.3) is 0 Å². The second-order valence-electron chi connectivity index (χ2n) is 5.69. The fourth-order valence-corrected chi connectivity index (χ4v) is 4.62. The molecule has 2 aromatic carbocycles. The second-order valence-corrected chi connectivity index (χ2v) is 8.22. The number of aromatic carboxylic acids is 1. The molecule has 0 radical (unpaired) electrons. The first-order valence-electron chi connectivity index (χ1n) is 7.17. The summed E-state index contributed by atoms with van der Waals surface area (Å²) in [5, 5.41) is 9.30. The third-order valence-electron chi connectivity index (χ3n) is 4.02. The van der Waals surface area contributed by atoms with Crippen molar-refractivity contribution >= 4 is 37.6 Å². The molecule has 128 valence electrons. The van der Waals surface area contributed by atoms with E-state index in [2.05, 4.69) is 20.7 Å². The van der Waals surface area contributed by atoms with Gasteiger partial charge in [0, 0.05) is 4.47 Å². The van der Waals surface area contributed by atoms with Crippen LogP contribution in [0.4, 0.5) is 5.69 Å². The predicted octanol–water partition coefficient (Wildman–Crippen LogP) is 4.18. The highest BCUT2D eigenvalue weighted by Crippen LogP contribution is 2.29. The van der Waals surface area contributed by atoms with Gasteiger partial charge in [-0.05, 0) is 68.1 Å². The molecule has 0 aliphatic heterocycles. The van der Waals surface area contributed by atoms with E-state index in [-0.39, 0.29) is 16.1 Å². The zero-order valence-corrected chi connectivity index (χ0v) is 16.2. The molecule has 0 saturated carbocycles. The minimum atomic E-state index is -3.92. The number of carboxylic acid groups (broad SMARTS) is 1. The summed E-state index contributed by atoms with van der Waals surface area (Å²) < 4.78 is 28.8. The standard InChI is InChI=1S/C17H18BrNO4S/c1-9-7-10(2)12(4)16(11(9)3)24(22,23)19-15-6-5-13(18)8-14(15)17(20)21/h5-8,19H,1-4H3,(H,20,21). The van der Waals surface area contributed by atoms with Gasteiger partial charge in [-0.25, -0.2) is 13.2 Å². The summed E-state index contributed by atoms with van der Waals surface area (Å²) in [4.78, 5) is 11.6. The van der Waals surface area contributed by atoms with Gasteiger partial charge in [0.15, 0.2) is 0 Å². The minimum Gasteiger partial charge on any atom is -0.478 e. The van der Waals surface area contributed by atoms with Crippen LogP contribution in [0.5, 0.6) is 0 Å². The van der Waals surface area contributed by atoms with Gasteiger partial charge >= 0.3 is 5.97 Å². The average Bonchev–Trinajstić information content (AvgIpc) is 2.46. The highest BCUT2D eigenvalue weighted by atomic mass is 79.9. The molecule has 0 heterocycles. The van der Waals surface area contributed by atoms with Crippen LogP contribution < -0.4 is 4.72 Å². The van der Waals surface area contributed by atoms with Crippen molar-refractivity contribution in [1.82, 2.24) is 0 Å². The Morgan fingerprint density at radius 3 is 2.08 bits per heavy atom. The van der Waals surface area contributed by atoms with Crippen molar-refractivity contribution in [2.45, 2.75) is 32.6 Å². The van der Waals surface area contributed by atoms with Gasteiger partial charge in [0.2, 0.25) is 0 Å². The van der Waals surface area contributed by atoms with Gasteiger partial charge in [0.25, 0.3) is 10.0 Å². The fraction of sp³-hybridized carbons (Fsp3) is 0.235.